The third kappa shape index (κ3) is 4.00. The fraction of sp³-hybridized carbons (Fsp3) is 0.529. The Morgan fingerprint density at radius 2 is 1.86 bits per heavy atom. The summed E-state index contributed by atoms with van der Waals surface area (Å²) in [5.41, 5.74) is 2.25. The Balaban J connectivity index is 1.82. The molecule has 1 saturated heterocycles. The van der Waals surface area contributed by atoms with E-state index in [0.717, 1.165) is 16.9 Å². The number of amides is 1. The van der Waals surface area contributed by atoms with Gasteiger partial charge in [-0.1, -0.05) is 13.0 Å². The molecular formula is C17H23NO4. The van der Waals surface area contributed by atoms with Gasteiger partial charge in [0.2, 0.25) is 5.91 Å². The second-order valence-electron chi connectivity index (χ2n) is 6.14. The van der Waals surface area contributed by atoms with Gasteiger partial charge >= 0.3 is 5.97 Å². The van der Waals surface area contributed by atoms with Gasteiger partial charge in [0.15, 0.2) is 0 Å². The van der Waals surface area contributed by atoms with Gasteiger partial charge in [-0.2, -0.15) is 0 Å². The highest BCUT2D eigenvalue weighted by atomic mass is 16.5. The van der Waals surface area contributed by atoms with Crippen molar-refractivity contribution in [1.29, 1.82) is 0 Å². The summed E-state index contributed by atoms with van der Waals surface area (Å²) in [6.45, 7) is 7.01. The highest BCUT2D eigenvalue weighted by molar-refractivity contribution is 5.79. The van der Waals surface area contributed by atoms with E-state index in [1.165, 1.54) is 0 Å². The van der Waals surface area contributed by atoms with Crippen LogP contribution in [0.2, 0.25) is 0 Å². The molecule has 0 bridgehead atoms. The number of carboxylic acid groups (broad SMARTS) is 1. The molecule has 0 saturated carbocycles. The first-order valence-electron chi connectivity index (χ1n) is 7.58. The van der Waals surface area contributed by atoms with Crippen LogP contribution in [0.15, 0.2) is 18.2 Å². The minimum atomic E-state index is -0.825. The topological polar surface area (TPSA) is 66.8 Å². The molecule has 0 aromatic heterocycles. The fourth-order valence-electron chi connectivity index (χ4n) is 2.92. The predicted octanol–water partition coefficient (Wildman–Crippen LogP) is 2.25. The number of hydrogen-bond donors (Lipinski definition) is 1. The smallest absolute Gasteiger partial charge is 0.308 e. The van der Waals surface area contributed by atoms with Crippen LogP contribution in [0.3, 0.4) is 0 Å². The molecule has 2 atom stereocenters. The van der Waals surface area contributed by atoms with Crippen molar-refractivity contribution in [2.75, 3.05) is 19.7 Å². The van der Waals surface area contributed by atoms with Gasteiger partial charge in [0, 0.05) is 13.1 Å². The Labute approximate surface area is 130 Å². The lowest BCUT2D eigenvalue weighted by Gasteiger charge is -2.16. The molecule has 5 nitrogen and oxygen atoms in total. The molecular weight excluding hydrogens is 282 g/mol. The molecule has 5 heteroatoms. The highest BCUT2D eigenvalue weighted by Gasteiger charge is 2.36. The van der Waals surface area contributed by atoms with Crippen LogP contribution in [-0.4, -0.2) is 41.6 Å². The largest absolute Gasteiger partial charge is 0.493 e. The molecule has 120 valence electrons. The molecule has 0 unspecified atom stereocenters. The third-order valence-electron chi connectivity index (χ3n) is 4.06. The van der Waals surface area contributed by atoms with Gasteiger partial charge in [0.05, 0.1) is 18.9 Å². The van der Waals surface area contributed by atoms with Crippen LogP contribution in [0.1, 0.15) is 24.5 Å². The number of carbonyl (C=O) groups is 2. The van der Waals surface area contributed by atoms with E-state index in [-0.39, 0.29) is 18.2 Å². The number of hydrogen-bond acceptors (Lipinski definition) is 3. The van der Waals surface area contributed by atoms with E-state index in [9.17, 15) is 9.59 Å². The molecule has 1 heterocycles. The summed E-state index contributed by atoms with van der Waals surface area (Å²) in [6, 6.07) is 5.95. The van der Waals surface area contributed by atoms with Crippen molar-refractivity contribution in [1.82, 2.24) is 4.90 Å². The van der Waals surface area contributed by atoms with Gasteiger partial charge < -0.3 is 14.7 Å². The van der Waals surface area contributed by atoms with Crippen molar-refractivity contribution in [3.05, 3.63) is 29.3 Å². The average Bonchev–Trinajstić information content (AvgIpc) is 2.80. The SMILES string of the molecule is Cc1cc(C)cc(OCCC(=O)N2C[C@@H](C)[C@H](C(=O)O)C2)c1. The minimum Gasteiger partial charge on any atom is -0.493 e. The fourth-order valence-corrected chi connectivity index (χ4v) is 2.92. The average molecular weight is 305 g/mol. The van der Waals surface area contributed by atoms with Crippen molar-refractivity contribution in [3.63, 3.8) is 0 Å². The van der Waals surface area contributed by atoms with E-state index >= 15 is 0 Å². The lowest BCUT2D eigenvalue weighted by atomic mass is 9.99. The van der Waals surface area contributed by atoms with Crippen molar-refractivity contribution < 1.29 is 19.4 Å². The standard InChI is InChI=1S/C17H23NO4/c1-11-6-12(2)8-14(7-11)22-5-4-16(19)18-9-13(3)15(10-18)17(20)21/h6-8,13,15H,4-5,9-10H2,1-3H3,(H,20,21)/t13-,15-/m1/s1. The van der Waals surface area contributed by atoms with Crippen LogP contribution in [0, 0.1) is 25.7 Å². The maximum absolute atomic E-state index is 12.1. The molecule has 22 heavy (non-hydrogen) atoms. The Morgan fingerprint density at radius 1 is 1.23 bits per heavy atom. The van der Waals surface area contributed by atoms with Crippen LogP contribution in [0.25, 0.3) is 0 Å². The summed E-state index contributed by atoms with van der Waals surface area (Å²) < 4.78 is 5.64. The number of aliphatic carboxylic acids is 1. The second kappa shape index (κ2) is 6.81. The predicted molar refractivity (Wildman–Crippen MR) is 82.9 cm³/mol. The molecule has 1 aromatic carbocycles. The van der Waals surface area contributed by atoms with Gasteiger partial charge in [0.25, 0.3) is 0 Å². The Kier molecular flexibility index (Phi) is 5.06. The van der Waals surface area contributed by atoms with E-state index in [4.69, 9.17) is 9.84 Å². The summed E-state index contributed by atoms with van der Waals surface area (Å²) >= 11 is 0. The first kappa shape index (κ1) is 16.3. The van der Waals surface area contributed by atoms with Gasteiger partial charge in [-0.15, -0.1) is 0 Å². The van der Waals surface area contributed by atoms with Crippen LogP contribution in [0.4, 0.5) is 0 Å². The zero-order valence-electron chi connectivity index (χ0n) is 13.3. The number of carboxylic acids is 1. The van der Waals surface area contributed by atoms with Crippen molar-refractivity contribution in [3.8, 4) is 5.75 Å². The molecule has 1 N–H and O–H groups in total. The summed E-state index contributed by atoms with van der Waals surface area (Å²) in [5.74, 6) is -0.552. The highest BCUT2D eigenvalue weighted by Crippen LogP contribution is 2.24. The van der Waals surface area contributed by atoms with Crippen LogP contribution in [0.5, 0.6) is 5.75 Å². The van der Waals surface area contributed by atoms with Gasteiger partial charge in [-0.3, -0.25) is 9.59 Å². The number of ether oxygens (including phenoxy) is 1. The molecule has 0 aliphatic carbocycles. The molecule has 0 radical (unpaired) electrons. The number of aryl methyl sites for hydroxylation is 2. The number of nitrogens with zero attached hydrogens (tertiary/aromatic N) is 1. The summed E-state index contributed by atoms with van der Waals surface area (Å²) in [4.78, 5) is 24.8. The van der Waals surface area contributed by atoms with E-state index < -0.39 is 11.9 Å². The lowest BCUT2D eigenvalue weighted by molar-refractivity contribution is -0.142. The Bertz CT molecular complexity index is 550. The zero-order chi connectivity index (χ0) is 16.3. The zero-order valence-corrected chi connectivity index (χ0v) is 13.3. The number of benzene rings is 1. The third-order valence-corrected chi connectivity index (χ3v) is 4.06. The molecule has 1 aliphatic heterocycles. The van der Waals surface area contributed by atoms with E-state index in [1.807, 2.05) is 32.9 Å². The number of likely N-dealkylation sites (tertiary alicyclic amines) is 1. The van der Waals surface area contributed by atoms with Crippen LogP contribution >= 0.6 is 0 Å². The second-order valence-corrected chi connectivity index (χ2v) is 6.14. The van der Waals surface area contributed by atoms with Gasteiger partial charge in [-0.25, -0.2) is 0 Å². The summed E-state index contributed by atoms with van der Waals surface area (Å²) in [7, 11) is 0. The molecule has 1 fully saturated rings. The Hall–Kier alpha value is -2.04. The summed E-state index contributed by atoms with van der Waals surface area (Å²) in [6.07, 6.45) is 0.270. The number of carbonyl (C=O) groups excluding carboxylic acids is 1. The number of rotatable bonds is 5. The van der Waals surface area contributed by atoms with Crippen LogP contribution in [-0.2, 0) is 9.59 Å². The normalized spacial score (nSPS) is 21.0. The lowest BCUT2D eigenvalue weighted by Crippen LogP contribution is -2.30. The molecule has 0 spiro atoms. The van der Waals surface area contributed by atoms with Crippen molar-refractivity contribution in [2.45, 2.75) is 27.2 Å². The van der Waals surface area contributed by atoms with Crippen LogP contribution < -0.4 is 4.74 Å². The van der Waals surface area contributed by atoms with E-state index in [1.54, 1.807) is 4.90 Å². The molecule has 1 aromatic rings. The molecule has 1 aliphatic rings. The van der Waals surface area contributed by atoms with E-state index in [0.29, 0.717) is 19.7 Å². The van der Waals surface area contributed by atoms with Crippen molar-refractivity contribution in [2.24, 2.45) is 11.8 Å². The first-order valence-corrected chi connectivity index (χ1v) is 7.58. The monoisotopic (exact) mass is 305 g/mol. The molecule has 2 rings (SSSR count). The molecule has 1 amide bonds. The Morgan fingerprint density at radius 3 is 2.41 bits per heavy atom. The van der Waals surface area contributed by atoms with Crippen molar-refractivity contribution >= 4 is 11.9 Å². The minimum absolute atomic E-state index is 0.00166. The van der Waals surface area contributed by atoms with E-state index in [2.05, 4.69) is 6.07 Å². The first-order chi connectivity index (χ1) is 10.4. The van der Waals surface area contributed by atoms with Gasteiger partial charge in [-0.05, 0) is 43.0 Å². The maximum Gasteiger partial charge on any atom is 0.308 e. The quantitative estimate of drug-likeness (QED) is 0.906. The van der Waals surface area contributed by atoms with Gasteiger partial charge in [0.1, 0.15) is 5.75 Å². The maximum atomic E-state index is 12.1. The summed E-state index contributed by atoms with van der Waals surface area (Å²) in [5, 5.41) is 9.10.